The maximum absolute atomic E-state index is 12.6. The first-order valence-electron chi connectivity index (χ1n) is 8.95. The van der Waals surface area contributed by atoms with E-state index in [1.54, 1.807) is 55.3 Å². The first kappa shape index (κ1) is 22.3. The van der Waals surface area contributed by atoms with Crippen molar-refractivity contribution in [2.75, 3.05) is 19.5 Å². The zero-order valence-electron chi connectivity index (χ0n) is 16.7. The summed E-state index contributed by atoms with van der Waals surface area (Å²) in [4.78, 5) is 25.8. The van der Waals surface area contributed by atoms with Gasteiger partial charge in [0.1, 0.15) is 0 Å². The second-order valence-electron chi connectivity index (χ2n) is 6.58. The predicted octanol–water partition coefficient (Wildman–Crippen LogP) is 3.96. The number of hydrogen-bond acceptors (Lipinski definition) is 5. The van der Waals surface area contributed by atoms with E-state index in [9.17, 15) is 18.4 Å². The number of methoxy groups -OCH3 is 1. The number of benzene rings is 2. The number of rotatable bonds is 9. The third-order valence-corrected chi connectivity index (χ3v) is 4.45. The molecule has 0 fully saturated rings. The topological polar surface area (TPSA) is 67.9 Å². The first-order chi connectivity index (χ1) is 13.7. The van der Waals surface area contributed by atoms with Crippen LogP contribution in [0.1, 0.15) is 29.8 Å². The quantitative estimate of drug-likeness (QED) is 0.639. The molecule has 6 nitrogen and oxygen atoms in total. The Morgan fingerprint density at radius 2 is 1.86 bits per heavy atom. The number of carbonyl (C=O) groups is 2. The summed E-state index contributed by atoms with van der Waals surface area (Å²) in [6.45, 7) is 0.648. The van der Waals surface area contributed by atoms with Crippen LogP contribution >= 0.6 is 0 Å². The van der Waals surface area contributed by atoms with Crippen molar-refractivity contribution in [3.63, 3.8) is 0 Å². The van der Waals surface area contributed by atoms with E-state index < -0.39 is 12.7 Å². The molecule has 0 saturated heterocycles. The SMILES string of the molecule is COc1cc(CN(C)[C@@H](C)C(=O)Nc2cccc(C(C)=O)c2)ccc1OC(F)F. The number of anilines is 1. The van der Waals surface area contributed by atoms with Gasteiger partial charge < -0.3 is 14.8 Å². The van der Waals surface area contributed by atoms with E-state index in [2.05, 4.69) is 10.1 Å². The van der Waals surface area contributed by atoms with Crippen molar-refractivity contribution in [1.29, 1.82) is 0 Å². The standard InChI is InChI=1S/C21H24F2N2O4/c1-13(20(27)24-17-7-5-6-16(11-17)14(2)26)25(3)12-15-8-9-18(29-21(22)23)19(10-15)28-4/h5-11,13,21H,12H2,1-4H3,(H,24,27)/t13-/m0/s1. The van der Waals surface area contributed by atoms with Crippen LogP contribution in [-0.4, -0.2) is 43.4 Å². The van der Waals surface area contributed by atoms with Crippen LogP contribution < -0.4 is 14.8 Å². The summed E-state index contributed by atoms with van der Waals surface area (Å²) in [5, 5.41) is 2.80. The number of ketones is 1. The molecule has 0 aliphatic carbocycles. The smallest absolute Gasteiger partial charge is 0.387 e. The van der Waals surface area contributed by atoms with Crippen molar-refractivity contribution in [3.05, 3.63) is 53.6 Å². The maximum Gasteiger partial charge on any atom is 0.387 e. The molecule has 0 aromatic heterocycles. The maximum atomic E-state index is 12.6. The number of Topliss-reactive ketones (excluding diaryl/α,β-unsaturated/α-hetero) is 1. The van der Waals surface area contributed by atoms with Crippen molar-refractivity contribution in [3.8, 4) is 11.5 Å². The van der Waals surface area contributed by atoms with Crippen LogP contribution in [0, 0.1) is 0 Å². The minimum atomic E-state index is -2.94. The molecule has 0 saturated carbocycles. The van der Waals surface area contributed by atoms with Crippen LogP contribution in [0.4, 0.5) is 14.5 Å². The number of nitrogens with zero attached hydrogens (tertiary/aromatic N) is 1. The molecule has 2 aromatic rings. The van der Waals surface area contributed by atoms with Gasteiger partial charge in [-0.15, -0.1) is 0 Å². The molecule has 2 aromatic carbocycles. The monoisotopic (exact) mass is 406 g/mol. The number of likely N-dealkylation sites (N-methyl/N-ethyl adjacent to an activating group) is 1. The number of nitrogens with one attached hydrogen (secondary N) is 1. The van der Waals surface area contributed by atoms with Crippen LogP contribution in [0.25, 0.3) is 0 Å². The number of ether oxygens (including phenoxy) is 2. The van der Waals surface area contributed by atoms with Gasteiger partial charge in [0.2, 0.25) is 5.91 Å². The largest absolute Gasteiger partial charge is 0.493 e. The summed E-state index contributed by atoms with van der Waals surface area (Å²) in [5.74, 6) is -0.184. The fourth-order valence-electron chi connectivity index (χ4n) is 2.69. The van der Waals surface area contributed by atoms with Crippen LogP contribution in [0.5, 0.6) is 11.5 Å². The predicted molar refractivity (Wildman–Crippen MR) is 106 cm³/mol. The van der Waals surface area contributed by atoms with Crippen molar-refractivity contribution >= 4 is 17.4 Å². The Labute approximate surface area is 168 Å². The Morgan fingerprint density at radius 3 is 2.48 bits per heavy atom. The number of amides is 1. The highest BCUT2D eigenvalue weighted by Crippen LogP contribution is 2.30. The van der Waals surface area contributed by atoms with Crippen molar-refractivity contribution in [2.45, 2.75) is 33.0 Å². The van der Waals surface area contributed by atoms with Gasteiger partial charge in [0.15, 0.2) is 17.3 Å². The Balaban J connectivity index is 2.04. The van der Waals surface area contributed by atoms with E-state index in [0.717, 1.165) is 5.56 Å². The molecule has 8 heteroatoms. The van der Waals surface area contributed by atoms with E-state index >= 15 is 0 Å². The summed E-state index contributed by atoms with van der Waals surface area (Å²) < 4.78 is 34.4. The highest BCUT2D eigenvalue weighted by Gasteiger charge is 2.19. The normalized spacial score (nSPS) is 12.0. The molecule has 1 atom stereocenters. The lowest BCUT2D eigenvalue weighted by molar-refractivity contribution is -0.120. The van der Waals surface area contributed by atoms with Crippen LogP contribution in [0.2, 0.25) is 0 Å². The van der Waals surface area contributed by atoms with E-state index in [4.69, 9.17) is 4.74 Å². The Morgan fingerprint density at radius 1 is 1.14 bits per heavy atom. The molecule has 29 heavy (non-hydrogen) atoms. The fraction of sp³-hybridized carbons (Fsp3) is 0.333. The lowest BCUT2D eigenvalue weighted by Gasteiger charge is -2.24. The minimum absolute atomic E-state index is 0.0509. The van der Waals surface area contributed by atoms with Gasteiger partial charge in [0.05, 0.1) is 13.2 Å². The minimum Gasteiger partial charge on any atom is -0.493 e. The molecule has 0 aliphatic heterocycles. The molecule has 0 spiro atoms. The van der Waals surface area contributed by atoms with Gasteiger partial charge in [-0.3, -0.25) is 14.5 Å². The molecule has 0 bridgehead atoms. The van der Waals surface area contributed by atoms with Gasteiger partial charge in [-0.05, 0) is 50.7 Å². The van der Waals surface area contributed by atoms with E-state index in [-0.39, 0.29) is 23.2 Å². The van der Waals surface area contributed by atoms with Gasteiger partial charge in [-0.2, -0.15) is 8.78 Å². The zero-order valence-corrected chi connectivity index (χ0v) is 16.7. The van der Waals surface area contributed by atoms with Crippen LogP contribution in [0.15, 0.2) is 42.5 Å². The number of hydrogen-bond donors (Lipinski definition) is 1. The molecule has 1 amide bonds. The number of alkyl halides is 2. The third kappa shape index (κ3) is 6.25. The van der Waals surface area contributed by atoms with E-state index in [0.29, 0.717) is 17.8 Å². The van der Waals surface area contributed by atoms with E-state index in [1.807, 2.05) is 0 Å². The molecule has 1 N–H and O–H groups in total. The van der Waals surface area contributed by atoms with Crippen molar-refractivity contribution in [1.82, 2.24) is 4.90 Å². The second kappa shape index (κ2) is 9.97. The van der Waals surface area contributed by atoms with Crippen molar-refractivity contribution < 1.29 is 27.8 Å². The highest BCUT2D eigenvalue weighted by atomic mass is 19.3. The summed E-state index contributed by atoms with van der Waals surface area (Å²) in [6.07, 6.45) is 0. The molecular weight excluding hydrogens is 382 g/mol. The fourth-order valence-corrected chi connectivity index (χ4v) is 2.69. The zero-order chi connectivity index (χ0) is 21.6. The highest BCUT2D eigenvalue weighted by molar-refractivity contribution is 5.98. The summed E-state index contributed by atoms with van der Waals surface area (Å²) >= 11 is 0. The van der Waals surface area contributed by atoms with Gasteiger partial charge in [-0.25, -0.2) is 0 Å². The Bertz CT molecular complexity index is 874. The molecule has 156 valence electrons. The lowest BCUT2D eigenvalue weighted by Crippen LogP contribution is -2.39. The van der Waals surface area contributed by atoms with Gasteiger partial charge in [0, 0.05) is 17.8 Å². The number of carbonyl (C=O) groups excluding carboxylic acids is 2. The van der Waals surface area contributed by atoms with Crippen LogP contribution in [-0.2, 0) is 11.3 Å². The summed E-state index contributed by atoms with van der Waals surface area (Å²) in [5.41, 5.74) is 1.82. The first-order valence-corrected chi connectivity index (χ1v) is 8.95. The molecule has 0 radical (unpaired) electrons. The molecule has 0 heterocycles. The van der Waals surface area contributed by atoms with Gasteiger partial charge in [-0.1, -0.05) is 18.2 Å². The summed E-state index contributed by atoms with van der Waals surface area (Å²) in [7, 11) is 3.14. The average Bonchev–Trinajstić information content (AvgIpc) is 2.68. The second-order valence-corrected chi connectivity index (χ2v) is 6.58. The lowest BCUT2D eigenvalue weighted by atomic mass is 10.1. The molecule has 0 unspecified atom stereocenters. The van der Waals surface area contributed by atoms with Crippen LogP contribution in [0.3, 0.4) is 0 Å². The molecule has 2 rings (SSSR count). The Kier molecular flexibility index (Phi) is 7.67. The number of halogens is 2. The molecular formula is C21H24F2N2O4. The van der Waals surface area contributed by atoms with Gasteiger partial charge >= 0.3 is 6.61 Å². The summed E-state index contributed by atoms with van der Waals surface area (Å²) in [6, 6.07) is 10.9. The third-order valence-electron chi connectivity index (χ3n) is 4.45. The molecule has 0 aliphatic rings. The Hall–Kier alpha value is -3.00. The average molecular weight is 406 g/mol. The van der Waals surface area contributed by atoms with Gasteiger partial charge in [0.25, 0.3) is 0 Å². The van der Waals surface area contributed by atoms with E-state index in [1.165, 1.54) is 20.1 Å². The van der Waals surface area contributed by atoms with Crippen molar-refractivity contribution in [2.24, 2.45) is 0 Å².